The Labute approximate surface area is 97.1 Å². The average Bonchev–Trinajstić information content (AvgIpc) is 2.27. The zero-order valence-corrected chi connectivity index (χ0v) is 10.4. The number of rotatable bonds is 2. The summed E-state index contributed by atoms with van der Waals surface area (Å²) in [5.41, 5.74) is 2.53. The van der Waals surface area contributed by atoms with Gasteiger partial charge in [-0.25, -0.2) is 0 Å². The van der Waals surface area contributed by atoms with Crippen molar-refractivity contribution in [2.24, 2.45) is 0 Å². The monoisotopic (exact) mass is 214 g/mol. The standard InChI is InChI=1S/C14H18N2/c1-15(2)13-10-9-11-7-5-6-8-12(11)14(13)16(3)4/h5-10H,1-4H3. The molecule has 0 aromatic heterocycles. The molecule has 2 heteroatoms. The lowest BCUT2D eigenvalue weighted by Gasteiger charge is -2.24. The van der Waals surface area contributed by atoms with Gasteiger partial charge in [0.15, 0.2) is 0 Å². The Kier molecular flexibility index (Phi) is 2.73. The summed E-state index contributed by atoms with van der Waals surface area (Å²) in [6.45, 7) is 0. The maximum atomic E-state index is 2.18. The smallest absolute Gasteiger partial charge is 0.0678 e. The van der Waals surface area contributed by atoms with Crippen molar-refractivity contribution in [2.45, 2.75) is 0 Å². The highest BCUT2D eigenvalue weighted by Gasteiger charge is 2.10. The molecule has 0 bridgehead atoms. The van der Waals surface area contributed by atoms with Crippen molar-refractivity contribution in [1.82, 2.24) is 0 Å². The molecule has 0 fully saturated rings. The average molecular weight is 214 g/mol. The van der Waals surface area contributed by atoms with Gasteiger partial charge >= 0.3 is 0 Å². The Balaban J connectivity index is 2.79. The van der Waals surface area contributed by atoms with Crippen LogP contribution in [0.4, 0.5) is 11.4 Å². The summed E-state index contributed by atoms with van der Waals surface area (Å²) in [5.74, 6) is 0. The summed E-state index contributed by atoms with van der Waals surface area (Å²) in [6, 6.07) is 12.9. The van der Waals surface area contributed by atoms with Gasteiger partial charge in [-0.05, 0) is 11.5 Å². The lowest BCUT2D eigenvalue weighted by atomic mass is 10.1. The molecule has 0 atom stereocenters. The first-order chi connectivity index (χ1) is 7.61. The number of anilines is 2. The second-order valence-corrected chi connectivity index (χ2v) is 4.44. The number of fused-ring (bicyclic) bond motifs is 1. The van der Waals surface area contributed by atoms with E-state index in [9.17, 15) is 0 Å². The van der Waals surface area contributed by atoms with Gasteiger partial charge in [0.25, 0.3) is 0 Å². The quantitative estimate of drug-likeness (QED) is 0.758. The van der Waals surface area contributed by atoms with E-state index >= 15 is 0 Å². The highest BCUT2D eigenvalue weighted by atomic mass is 15.1. The molecule has 16 heavy (non-hydrogen) atoms. The number of hydrogen-bond donors (Lipinski definition) is 0. The Bertz CT molecular complexity index is 501. The molecule has 0 N–H and O–H groups in total. The van der Waals surface area contributed by atoms with Crippen molar-refractivity contribution < 1.29 is 0 Å². The molecule has 0 aliphatic heterocycles. The highest BCUT2D eigenvalue weighted by molar-refractivity contribution is 6.00. The van der Waals surface area contributed by atoms with Crippen molar-refractivity contribution >= 4 is 22.1 Å². The summed E-state index contributed by atoms with van der Waals surface area (Å²) in [5, 5.41) is 2.59. The van der Waals surface area contributed by atoms with Crippen molar-refractivity contribution in [3.05, 3.63) is 36.4 Å². The van der Waals surface area contributed by atoms with Gasteiger partial charge in [0, 0.05) is 33.6 Å². The predicted molar refractivity (Wildman–Crippen MR) is 72.6 cm³/mol. The number of hydrogen-bond acceptors (Lipinski definition) is 2. The molecular formula is C14H18N2. The third-order valence-electron chi connectivity index (χ3n) is 2.81. The normalized spacial score (nSPS) is 10.5. The molecule has 2 nitrogen and oxygen atoms in total. The van der Waals surface area contributed by atoms with Gasteiger partial charge in [0.2, 0.25) is 0 Å². The van der Waals surface area contributed by atoms with Crippen LogP contribution in [0.3, 0.4) is 0 Å². The van der Waals surface area contributed by atoms with Crippen LogP contribution >= 0.6 is 0 Å². The van der Waals surface area contributed by atoms with E-state index in [0.29, 0.717) is 0 Å². The first-order valence-electron chi connectivity index (χ1n) is 5.47. The fourth-order valence-corrected chi connectivity index (χ4v) is 2.07. The molecule has 0 radical (unpaired) electrons. The lowest BCUT2D eigenvalue weighted by molar-refractivity contribution is 1.08. The van der Waals surface area contributed by atoms with E-state index in [2.05, 4.69) is 74.4 Å². The lowest BCUT2D eigenvalue weighted by Crippen LogP contribution is -2.16. The van der Waals surface area contributed by atoms with Crippen molar-refractivity contribution in [1.29, 1.82) is 0 Å². The third kappa shape index (κ3) is 1.71. The van der Waals surface area contributed by atoms with Crippen molar-refractivity contribution in [3.63, 3.8) is 0 Å². The minimum Gasteiger partial charge on any atom is -0.376 e. The van der Waals surface area contributed by atoms with Gasteiger partial charge in [0.05, 0.1) is 11.4 Å². The van der Waals surface area contributed by atoms with Gasteiger partial charge in [-0.15, -0.1) is 0 Å². The first-order valence-corrected chi connectivity index (χ1v) is 5.47. The van der Waals surface area contributed by atoms with Gasteiger partial charge in [-0.3, -0.25) is 0 Å². The van der Waals surface area contributed by atoms with E-state index in [1.54, 1.807) is 0 Å². The van der Waals surface area contributed by atoms with E-state index in [0.717, 1.165) is 0 Å². The van der Waals surface area contributed by atoms with E-state index in [1.807, 2.05) is 0 Å². The van der Waals surface area contributed by atoms with Gasteiger partial charge in [0.1, 0.15) is 0 Å². The molecule has 0 spiro atoms. The highest BCUT2D eigenvalue weighted by Crippen LogP contribution is 2.34. The molecule has 0 heterocycles. The first kappa shape index (κ1) is 10.8. The number of benzene rings is 2. The number of nitrogens with zero attached hydrogens (tertiary/aromatic N) is 2. The van der Waals surface area contributed by atoms with Crippen LogP contribution in [-0.4, -0.2) is 28.2 Å². The second-order valence-electron chi connectivity index (χ2n) is 4.44. The van der Waals surface area contributed by atoms with Crippen LogP contribution in [0, 0.1) is 0 Å². The summed E-state index contributed by atoms with van der Waals surface area (Å²) in [6.07, 6.45) is 0. The second kappa shape index (κ2) is 4.05. The van der Waals surface area contributed by atoms with Crippen LogP contribution in [0.2, 0.25) is 0 Å². The molecule has 0 unspecified atom stereocenters. The van der Waals surface area contributed by atoms with Crippen LogP contribution < -0.4 is 9.80 Å². The zero-order chi connectivity index (χ0) is 11.7. The summed E-state index contributed by atoms with van der Waals surface area (Å²) in [7, 11) is 8.34. The predicted octanol–water partition coefficient (Wildman–Crippen LogP) is 2.97. The molecule has 2 rings (SSSR count). The molecule has 2 aromatic carbocycles. The minimum atomic E-state index is 1.25. The van der Waals surface area contributed by atoms with Crippen LogP contribution in [0.15, 0.2) is 36.4 Å². The molecule has 84 valence electrons. The third-order valence-corrected chi connectivity index (χ3v) is 2.81. The molecule has 0 aliphatic carbocycles. The SMILES string of the molecule is CN(C)c1ccc2ccccc2c1N(C)C. The van der Waals surface area contributed by atoms with Gasteiger partial charge in [-0.1, -0.05) is 30.3 Å². The molecule has 0 amide bonds. The minimum absolute atomic E-state index is 1.25. The Morgan fingerprint density at radius 3 is 2.06 bits per heavy atom. The van der Waals surface area contributed by atoms with E-state index in [1.165, 1.54) is 22.1 Å². The van der Waals surface area contributed by atoms with Crippen LogP contribution in [0.25, 0.3) is 10.8 Å². The Hall–Kier alpha value is -1.70. The van der Waals surface area contributed by atoms with Crippen molar-refractivity contribution in [3.8, 4) is 0 Å². The zero-order valence-electron chi connectivity index (χ0n) is 10.4. The maximum absolute atomic E-state index is 2.18. The molecule has 0 aliphatic rings. The van der Waals surface area contributed by atoms with E-state index in [4.69, 9.17) is 0 Å². The van der Waals surface area contributed by atoms with E-state index in [-0.39, 0.29) is 0 Å². The summed E-state index contributed by atoms with van der Waals surface area (Å²) >= 11 is 0. The van der Waals surface area contributed by atoms with Gasteiger partial charge in [-0.2, -0.15) is 0 Å². The molecule has 2 aromatic rings. The van der Waals surface area contributed by atoms with E-state index < -0.39 is 0 Å². The molecule has 0 saturated carbocycles. The van der Waals surface area contributed by atoms with Crippen LogP contribution in [0.1, 0.15) is 0 Å². The van der Waals surface area contributed by atoms with Gasteiger partial charge < -0.3 is 9.80 Å². The topological polar surface area (TPSA) is 6.48 Å². The fraction of sp³-hybridized carbons (Fsp3) is 0.286. The van der Waals surface area contributed by atoms with Crippen LogP contribution in [0.5, 0.6) is 0 Å². The fourth-order valence-electron chi connectivity index (χ4n) is 2.07. The Morgan fingerprint density at radius 2 is 1.44 bits per heavy atom. The maximum Gasteiger partial charge on any atom is 0.0678 e. The molecule has 0 saturated heterocycles. The Morgan fingerprint density at radius 1 is 0.750 bits per heavy atom. The van der Waals surface area contributed by atoms with Crippen molar-refractivity contribution in [2.75, 3.05) is 38.0 Å². The molecular weight excluding hydrogens is 196 g/mol. The largest absolute Gasteiger partial charge is 0.376 e. The van der Waals surface area contributed by atoms with Crippen LogP contribution in [-0.2, 0) is 0 Å². The summed E-state index contributed by atoms with van der Waals surface area (Å²) in [4.78, 5) is 4.33. The summed E-state index contributed by atoms with van der Waals surface area (Å²) < 4.78 is 0.